The van der Waals surface area contributed by atoms with Crippen LogP contribution in [0.3, 0.4) is 0 Å². The lowest BCUT2D eigenvalue weighted by Crippen LogP contribution is -2.22. The number of hydrogen-bond acceptors (Lipinski definition) is 5. The number of carbonyl (C=O) groups is 2. The molecule has 0 aliphatic carbocycles. The maximum absolute atomic E-state index is 12.2. The lowest BCUT2D eigenvalue weighted by molar-refractivity contribution is -0.385. The van der Waals surface area contributed by atoms with E-state index in [1.807, 2.05) is 0 Å². The van der Waals surface area contributed by atoms with Crippen molar-refractivity contribution < 1.29 is 19.2 Å². The van der Waals surface area contributed by atoms with Crippen molar-refractivity contribution in [2.45, 2.75) is 13.3 Å². The Morgan fingerprint density at radius 1 is 1.19 bits per heavy atom. The number of nitro groups is 1. The van der Waals surface area contributed by atoms with Gasteiger partial charge >= 0.3 is 5.69 Å². The molecule has 0 spiro atoms. The molecule has 7 nitrogen and oxygen atoms in total. The number of rotatable bonds is 8. The van der Waals surface area contributed by atoms with Crippen molar-refractivity contribution in [3.63, 3.8) is 0 Å². The minimum atomic E-state index is -0.616. The standard InChI is InChI=1S/C18H17ClN2O5/c1-12(22)20-9-8-13-2-4-14(5-3-13)17(23)11-26-18-7-6-15(19)10-16(18)21(24)25/h2-7,10H,8-9,11H2,1H3,(H,20,22). The number of ether oxygens (including phenoxy) is 1. The zero-order valence-corrected chi connectivity index (χ0v) is 14.8. The normalized spacial score (nSPS) is 10.2. The fourth-order valence-electron chi connectivity index (χ4n) is 2.22. The summed E-state index contributed by atoms with van der Waals surface area (Å²) < 4.78 is 5.29. The van der Waals surface area contributed by atoms with E-state index in [4.69, 9.17) is 16.3 Å². The molecule has 0 heterocycles. The molecular weight excluding hydrogens is 360 g/mol. The van der Waals surface area contributed by atoms with Gasteiger partial charge in [-0.3, -0.25) is 19.7 Å². The van der Waals surface area contributed by atoms with E-state index in [9.17, 15) is 19.7 Å². The number of amides is 1. The van der Waals surface area contributed by atoms with Gasteiger partial charge in [0.25, 0.3) is 0 Å². The topological polar surface area (TPSA) is 98.5 Å². The summed E-state index contributed by atoms with van der Waals surface area (Å²) in [6, 6.07) is 10.9. The van der Waals surface area contributed by atoms with Crippen LogP contribution >= 0.6 is 11.6 Å². The van der Waals surface area contributed by atoms with E-state index in [0.29, 0.717) is 18.5 Å². The highest BCUT2D eigenvalue weighted by molar-refractivity contribution is 6.30. The zero-order chi connectivity index (χ0) is 19.1. The van der Waals surface area contributed by atoms with E-state index in [1.54, 1.807) is 24.3 Å². The fraction of sp³-hybridized carbons (Fsp3) is 0.222. The third-order valence-corrected chi connectivity index (χ3v) is 3.78. The SMILES string of the molecule is CC(=O)NCCc1ccc(C(=O)COc2ccc(Cl)cc2[N+](=O)[O-])cc1. The molecule has 1 N–H and O–H groups in total. The Hall–Kier alpha value is -2.93. The summed E-state index contributed by atoms with van der Waals surface area (Å²) in [6.07, 6.45) is 0.654. The molecule has 2 aromatic carbocycles. The Kier molecular flexibility index (Phi) is 6.68. The molecule has 0 aliphatic heterocycles. The average molecular weight is 377 g/mol. The van der Waals surface area contributed by atoms with Gasteiger partial charge in [0, 0.05) is 30.1 Å². The maximum atomic E-state index is 12.2. The average Bonchev–Trinajstić information content (AvgIpc) is 2.60. The molecule has 0 unspecified atom stereocenters. The van der Waals surface area contributed by atoms with Gasteiger partial charge in [-0.05, 0) is 24.1 Å². The van der Waals surface area contributed by atoms with Gasteiger partial charge in [0.05, 0.1) is 4.92 Å². The van der Waals surface area contributed by atoms with Crippen LogP contribution in [0.1, 0.15) is 22.8 Å². The third kappa shape index (κ3) is 5.56. The molecule has 1 amide bonds. The number of nitrogens with one attached hydrogen (secondary N) is 1. The molecule has 0 atom stereocenters. The van der Waals surface area contributed by atoms with Gasteiger partial charge < -0.3 is 10.1 Å². The predicted molar refractivity (Wildman–Crippen MR) is 96.8 cm³/mol. The number of carbonyl (C=O) groups excluding carboxylic acids is 2. The highest BCUT2D eigenvalue weighted by Gasteiger charge is 2.17. The van der Waals surface area contributed by atoms with Crippen molar-refractivity contribution in [2.24, 2.45) is 0 Å². The molecule has 0 saturated carbocycles. The van der Waals surface area contributed by atoms with E-state index < -0.39 is 4.92 Å². The monoisotopic (exact) mass is 376 g/mol. The number of nitrogens with zero attached hydrogens (tertiary/aromatic N) is 1. The third-order valence-electron chi connectivity index (χ3n) is 3.54. The number of Topliss-reactive ketones (excluding diaryl/α,β-unsaturated/α-hetero) is 1. The second-order valence-corrected chi connectivity index (χ2v) is 5.95. The molecule has 2 aromatic rings. The molecule has 0 bridgehead atoms. The van der Waals surface area contributed by atoms with Crippen molar-refractivity contribution in [1.29, 1.82) is 0 Å². The smallest absolute Gasteiger partial charge is 0.312 e. The Labute approximate surface area is 155 Å². The van der Waals surface area contributed by atoms with Crippen LogP contribution in [0.2, 0.25) is 5.02 Å². The van der Waals surface area contributed by atoms with Crippen LogP contribution in [0.25, 0.3) is 0 Å². The first-order chi connectivity index (χ1) is 12.4. The number of benzene rings is 2. The minimum absolute atomic E-state index is 0.0142. The van der Waals surface area contributed by atoms with Crippen molar-refractivity contribution >= 4 is 29.0 Å². The second kappa shape index (κ2) is 8.96. The van der Waals surface area contributed by atoms with Crippen molar-refractivity contribution in [2.75, 3.05) is 13.2 Å². The van der Waals surface area contributed by atoms with Gasteiger partial charge in [-0.2, -0.15) is 0 Å². The maximum Gasteiger partial charge on any atom is 0.312 e. The van der Waals surface area contributed by atoms with Crippen LogP contribution in [0.15, 0.2) is 42.5 Å². The summed E-state index contributed by atoms with van der Waals surface area (Å²) in [7, 11) is 0. The molecule has 0 saturated heterocycles. The van der Waals surface area contributed by atoms with Crippen LogP contribution in [0, 0.1) is 10.1 Å². The van der Waals surface area contributed by atoms with Crippen LogP contribution < -0.4 is 10.1 Å². The summed E-state index contributed by atoms with van der Waals surface area (Å²) in [5.74, 6) is -0.410. The van der Waals surface area contributed by atoms with Gasteiger partial charge in [0.2, 0.25) is 5.91 Å². The highest BCUT2D eigenvalue weighted by Crippen LogP contribution is 2.29. The zero-order valence-electron chi connectivity index (χ0n) is 14.0. The number of nitro benzene ring substituents is 1. The van der Waals surface area contributed by atoms with Gasteiger partial charge in [-0.15, -0.1) is 0 Å². The molecule has 0 aliphatic rings. The van der Waals surface area contributed by atoms with Crippen LogP contribution in [-0.4, -0.2) is 29.8 Å². The molecule has 0 aromatic heterocycles. The van der Waals surface area contributed by atoms with Gasteiger partial charge in [0.1, 0.15) is 0 Å². The Morgan fingerprint density at radius 3 is 2.50 bits per heavy atom. The van der Waals surface area contributed by atoms with E-state index in [-0.39, 0.29) is 34.8 Å². The minimum Gasteiger partial charge on any atom is -0.478 e. The summed E-state index contributed by atoms with van der Waals surface area (Å²) in [5.41, 5.74) is 1.12. The Bertz CT molecular complexity index is 821. The first kappa shape index (κ1) is 19.4. The molecule has 136 valence electrons. The second-order valence-electron chi connectivity index (χ2n) is 5.51. The largest absolute Gasteiger partial charge is 0.478 e. The van der Waals surface area contributed by atoms with E-state index in [2.05, 4.69) is 5.32 Å². The number of hydrogen-bond donors (Lipinski definition) is 1. The van der Waals surface area contributed by atoms with Crippen LogP contribution in [0.4, 0.5) is 5.69 Å². The van der Waals surface area contributed by atoms with Crippen molar-refractivity contribution in [1.82, 2.24) is 5.32 Å². The Morgan fingerprint density at radius 2 is 1.88 bits per heavy atom. The molecule has 26 heavy (non-hydrogen) atoms. The van der Waals surface area contributed by atoms with Gasteiger partial charge in [-0.25, -0.2) is 0 Å². The number of ketones is 1. The van der Waals surface area contributed by atoms with Crippen LogP contribution in [-0.2, 0) is 11.2 Å². The van der Waals surface area contributed by atoms with Crippen molar-refractivity contribution in [3.05, 3.63) is 68.7 Å². The molecule has 0 fully saturated rings. The van der Waals surface area contributed by atoms with E-state index in [0.717, 1.165) is 5.56 Å². The summed E-state index contributed by atoms with van der Waals surface area (Å²) in [4.78, 5) is 33.4. The summed E-state index contributed by atoms with van der Waals surface area (Å²) in [5, 5.41) is 13.9. The van der Waals surface area contributed by atoms with E-state index >= 15 is 0 Å². The molecule has 0 radical (unpaired) electrons. The number of halogens is 1. The fourth-order valence-corrected chi connectivity index (χ4v) is 2.39. The molecule has 8 heteroatoms. The quantitative estimate of drug-likeness (QED) is 0.433. The first-order valence-electron chi connectivity index (χ1n) is 7.80. The van der Waals surface area contributed by atoms with Gasteiger partial charge in [-0.1, -0.05) is 35.9 Å². The summed E-state index contributed by atoms with van der Waals surface area (Å²) in [6.45, 7) is 1.65. The lowest BCUT2D eigenvalue weighted by Gasteiger charge is -2.07. The predicted octanol–water partition coefficient (Wildman–Crippen LogP) is 3.19. The van der Waals surface area contributed by atoms with Crippen molar-refractivity contribution in [3.8, 4) is 5.75 Å². The van der Waals surface area contributed by atoms with Gasteiger partial charge in [0.15, 0.2) is 18.1 Å². The first-order valence-corrected chi connectivity index (χ1v) is 8.18. The highest BCUT2D eigenvalue weighted by atomic mass is 35.5. The lowest BCUT2D eigenvalue weighted by atomic mass is 10.1. The van der Waals surface area contributed by atoms with E-state index in [1.165, 1.54) is 25.1 Å². The molecule has 2 rings (SSSR count). The summed E-state index contributed by atoms with van der Waals surface area (Å²) >= 11 is 5.74. The van der Waals surface area contributed by atoms with Crippen LogP contribution in [0.5, 0.6) is 5.75 Å². The molecular formula is C18H17ClN2O5. The Balaban J connectivity index is 1.96.